The minimum Gasteiger partial charge on any atom is -0.340 e. The molecule has 1 aromatic heterocycles. The third kappa shape index (κ3) is 4.47. The van der Waals surface area contributed by atoms with Gasteiger partial charge in [0.1, 0.15) is 5.56 Å². The molecule has 5 rings (SSSR count). The number of para-hydroxylation sites is 1. The van der Waals surface area contributed by atoms with Crippen LogP contribution in [0.5, 0.6) is 0 Å². The van der Waals surface area contributed by atoms with Gasteiger partial charge in [0.2, 0.25) is 5.91 Å². The van der Waals surface area contributed by atoms with E-state index in [0.717, 1.165) is 53.6 Å². The van der Waals surface area contributed by atoms with Crippen LogP contribution in [0.4, 0.5) is 0 Å². The number of hydrogen-bond acceptors (Lipinski definition) is 6. The molecule has 0 N–H and O–H groups in total. The highest BCUT2D eigenvalue weighted by molar-refractivity contribution is 7.99. The summed E-state index contributed by atoms with van der Waals surface area (Å²) in [7, 11) is 1.83. The molecule has 0 fully saturated rings. The molecular formula is C24H25N5O2S2. The largest absolute Gasteiger partial charge is 0.340 e. The number of thioether (sulfide) groups is 1. The maximum Gasteiger partial charge on any atom is 0.284 e. The summed E-state index contributed by atoms with van der Waals surface area (Å²) >= 11 is 3.08. The van der Waals surface area contributed by atoms with E-state index < -0.39 is 0 Å². The van der Waals surface area contributed by atoms with Crippen molar-refractivity contribution in [2.24, 2.45) is 0 Å². The summed E-state index contributed by atoms with van der Waals surface area (Å²) in [5, 5.41) is 7.35. The Morgan fingerprint density at radius 3 is 2.79 bits per heavy atom. The number of aromatic nitrogens is 4. The highest BCUT2D eigenvalue weighted by atomic mass is 32.2. The van der Waals surface area contributed by atoms with Crippen molar-refractivity contribution < 1.29 is 4.79 Å². The third-order valence-electron chi connectivity index (χ3n) is 5.89. The quantitative estimate of drug-likeness (QED) is 0.308. The summed E-state index contributed by atoms with van der Waals surface area (Å²) in [5.41, 5.74) is 2.20. The fourth-order valence-corrected chi connectivity index (χ4v) is 5.91. The Bertz CT molecular complexity index is 1280. The van der Waals surface area contributed by atoms with E-state index in [9.17, 15) is 9.59 Å². The van der Waals surface area contributed by atoms with Crippen molar-refractivity contribution in [2.75, 3.05) is 12.8 Å². The van der Waals surface area contributed by atoms with Crippen molar-refractivity contribution >= 4 is 29.0 Å². The number of fused-ring (bicyclic) bond motifs is 3. The summed E-state index contributed by atoms with van der Waals surface area (Å²) in [6.45, 7) is 1.41. The Labute approximate surface area is 200 Å². The number of carbonyl (C=O) groups is 1. The number of thiophene rings is 1. The SMILES string of the molecule is CN(Cc1cccs1)C(=O)CSc1nc2nn(-c3ccccc3)c(=O)c-2c2n1CCCCC2. The van der Waals surface area contributed by atoms with Crippen molar-refractivity contribution in [2.45, 2.75) is 43.9 Å². The van der Waals surface area contributed by atoms with Gasteiger partial charge in [-0.2, -0.15) is 4.68 Å². The van der Waals surface area contributed by atoms with Gasteiger partial charge >= 0.3 is 0 Å². The standard InChI is InChI=1S/C24H25N5O2S2/c1-27(15-18-11-8-14-32-18)20(30)16-33-24-25-22-21(19-12-6-3-7-13-28(19)24)23(31)29(26-22)17-9-4-2-5-10-17/h2,4-5,8-11,14H,3,6-7,12-13,15-16H2,1H3. The van der Waals surface area contributed by atoms with Gasteiger partial charge in [-0.25, -0.2) is 4.98 Å². The molecule has 3 aliphatic heterocycles. The number of nitrogens with zero attached hydrogens (tertiary/aromatic N) is 5. The van der Waals surface area contributed by atoms with Crippen LogP contribution in [0, 0.1) is 0 Å². The lowest BCUT2D eigenvalue weighted by atomic mass is 10.1. The molecule has 0 saturated heterocycles. The van der Waals surface area contributed by atoms with Crippen molar-refractivity contribution in [1.82, 2.24) is 24.2 Å². The number of benzene rings is 1. The zero-order valence-electron chi connectivity index (χ0n) is 18.4. The zero-order chi connectivity index (χ0) is 22.8. The lowest BCUT2D eigenvalue weighted by Gasteiger charge is -2.19. The van der Waals surface area contributed by atoms with Crippen LogP contribution in [0.1, 0.15) is 29.8 Å². The van der Waals surface area contributed by atoms with Crippen molar-refractivity contribution in [3.63, 3.8) is 0 Å². The Balaban J connectivity index is 1.47. The maximum atomic E-state index is 13.3. The first-order chi connectivity index (χ1) is 16.1. The maximum absolute atomic E-state index is 13.3. The lowest BCUT2D eigenvalue weighted by Crippen LogP contribution is -2.27. The van der Waals surface area contributed by atoms with Gasteiger partial charge in [-0.15, -0.1) is 16.4 Å². The molecule has 0 atom stereocenters. The molecule has 9 heteroatoms. The van der Waals surface area contributed by atoms with E-state index in [-0.39, 0.29) is 11.5 Å². The third-order valence-corrected chi connectivity index (χ3v) is 7.71. The van der Waals surface area contributed by atoms with E-state index in [2.05, 4.69) is 9.67 Å². The van der Waals surface area contributed by atoms with Crippen molar-refractivity contribution in [3.05, 3.63) is 68.8 Å². The summed E-state index contributed by atoms with van der Waals surface area (Å²) in [4.78, 5) is 33.8. The summed E-state index contributed by atoms with van der Waals surface area (Å²) in [6.07, 6.45) is 3.98. The van der Waals surface area contributed by atoms with Gasteiger partial charge in [-0.1, -0.05) is 42.4 Å². The second-order valence-electron chi connectivity index (χ2n) is 8.17. The Morgan fingerprint density at radius 1 is 1.15 bits per heavy atom. The highest BCUT2D eigenvalue weighted by Crippen LogP contribution is 2.30. The number of rotatable bonds is 6. The topological polar surface area (TPSA) is 73.0 Å². The molecule has 0 radical (unpaired) electrons. The molecule has 33 heavy (non-hydrogen) atoms. The molecule has 0 spiro atoms. The van der Waals surface area contributed by atoms with Gasteiger partial charge in [0.25, 0.3) is 5.56 Å². The van der Waals surface area contributed by atoms with Gasteiger partial charge in [-0.3, -0.25) is 9.59 Å². The fraction of sp³-hybridized carbons (Fsp3) is 0.333. The second-order valence-corrected chi connectivity index (χ2v) is 10.1. The van der Waals surface area contributed by atoms with Crippen LogP contribution in [0.15, 0.2) is 57.8 Å². The van der Waals surface area contributed by atoms with E-state index >= 15 is 0 Å². The smallest absolute Gasteiger partial charge is 0.284 e. The molecule has 0 saturated carbocycles. The fourth-order valence-electron chi connectivity index (χ4n) is 4.17. The summed E-state index contributed by atoms with van der Waals surface area (Å²) < 4.78 is 3.59. The molecule has 3 aliphatic rings. The minimum atomic E-state index is -0.127. The zero-order valence-corrected chi connectivity index (χ0v) is 20.1. The molecule has 0 bridgehead atoms. The van der Waals surface area contributed by atoms with Gasteiger partial charge < -0.3 is 9.47 Å². The minimum absolute atomic E-state index is 0.0533. The van der Waals surface area contributed by atoms with Crippen LogP contribution in [0.3, 0.4) is 0 Å². The first-order valence-electron chi connectivity index (χ1n) is 11.1. The predicted molar refractivity (Wildman–Crippen MR) is 131 cm³/mol. The molecule has 0 unspecified atom stereocenters. The van der Waals surface area contributed by atoms with Crippen LogP contribution >= 0.6 is 23.1 Å². The van der Waals surface area contributed by atoms with E-state index in [4.69, 9.17) is 4.98 Å². The Kier molecular flexibility index (Phi) is 6.32. The normalized spacial score (nSPS) is 13.6. The van der Waals surface area contributed by atoms with E-state index in [1.165, 1.54) is 16.4 Å². The van der Waals surface area contributed by atoms with E-state index in [1.54, 1.807) is 16.2 Å². The van der Waals surface area contributed by atoms with Gasteiger partial charge in [0, 0.05) is 24.2 Å². The lowest BCUT2D eigenvalue weighted by molar-refractivity contribution is -0.127. The molecule has 1 amide bonds. The first-order valence-corrected chi connectivity index (χ1v) is 13.0. The van der Waals surface area contributed by atoms with Gasteiger partial charge in [0.15, 0.2) is 11.0 Å². The molecule has 1 aromatic carbocycles. The van der Waals surface area contributed by atoms with Crippen molar-refractivity contribution in [3.8, 4) is 17.1 Å². The van der Waals surface area contributed by atoms with Crippen LogP contribution in [-0.4, -0.2) is 42.9 Å². The molecule has 2 aromatic rings. The van der Waals surface area contributed by atoms with Gasteiger partial charge in [-0.05, 0) is 42.8 Å². The Morgan fingerprint density at radius 2 is 2.00 bits per heavy atom. The summed E-state index contributed by atoms with van der Waals surface area (Å²) in [5.74, 6) is 0.806. The molecular weight excluding hydrogens is 454 g/mol. The van der Waals surface area contributed by atoms with E-state index in [1.807, 2.05) is 54.9 Å². The van der Waals surface area contributed by atoms with E-state index in [0.29, 0.717) is 23.7 Å². The Hall–Kier alpha value is -2.91. The van der Waals surface area contributed by atoms with Crippen LogP contribution < -0.4 is 5.56 Å². The second kappa shape index (κ2) is 9.52. The molecule has 170 valence electrons. The number of carbonyl (C=O) groups excluding carboxylic acids is 1. The molecule has 7 nitrogen and oxygen atoms in total. The first kappa shape index (κ1) is 21.9. The number of amides is 1. The average Bonchev–Trinajstić information content (AvgIpc) is 3.38. The molecule has 0 aliphatic carbocycles. The highest BCUT2D eigenvalue weighted by Gasteiger charge is 2.27. The average molecular weight is 480 g/mol. The van der Waals surface area contributed by atoms with Gasteiger partial charge in [0.05, 0.1) is 18.0 Å². The number of hydrogen-bond donors (Lipinski definition) is 0. The molecule has 4 heterocycles. The monoisotopic (exact) mass is 479 g/mol. The predicted octanol–water partition coefficient (Wildman–Crippen LogP) is 4.07. The van der Waals surface area contributed by atoms with Crippen LogP contribution in [-0.2, 0) is 24.3 Å². The summed E-state index contributed by atoms with van der Waals surface area (Å²) in [6, 6.07) is 13.5. The van der Waals surface area contributed by atoms with Crippen molar-refractivity contribution in [1.29, 1.82) is 0 Å². The van der Waals surface area contributed by atoms with Crippen LogP contribution in [0.2, 0.25) is 0 Å². The van der Waals surface area contributed by atoms with Crippen LogP contribution in [0.25, 0.3) is 17.1 Å².